The Hall–Kier alpha value is -1.81. The second kappa shape index (κ2) is 4.59. The van der Waals surface area contributed by atoms with Gasteiger partial charge in [0.1, 0.15) is 5.15 Å². The highest BCUT2D eigenvalue weighted by Gasteiger charge is 2.55. The van der Waals surface area contributed by atoms with Gasteiger partial charge in [-0.25, -0.2) is 0 Å². The molecule has 0 radical (unpaired) electrons. The van der Waals surface area contributed by atoms with Crippen molar-refractivity contribution in [1.29, 1.82) is 0 Å². The fraction of sp³-hybridized carbons (Fsp3) is 0.412. The van der Waals surface area contributed by atoms with Gasteiger partial charge in [0.15, 0.2) is 0 Å². The number of amides is 1. The summed E-state index contributed by atoms with van der Waals surface area (Å²) in [5, 5.41) is 7.72. The molecule has 3 atom stereocenters. The molecule has 2 bridgehead atoms. The number of carbonyl (C=O) groups is 1. The van der Waals surface area contributed by atoms with Crippen LogP contribution in [0.25, 0.3) is 0 Å². The number of aryl methyl sites for hydroxylation is 1. The van der Waals surface area contributed by atoms with Crippen LogP contribution in [0.4, 0.5) is 0 Å². The number of carbonyl (C=O) groups excluding carboxylic acids is 1. The van der Waals surface area contributed by atoms with Crippen molar-refractivity contribution in [2.45, 2.75) is 31.2 Å². The SMILES string of the molecule is CC1C2CCC1(NC(=O)c1cnn(C)c1Cl)c1ccccc12. The minimum Gasteiger partial charge on any atom is -0.342 e. The van der Waals surface area contributed by atoms with E-state index in [1.54, 1.807) is 7.05 Å². The molecule has 1 fully saturated rings. The van der Waals surface area contributed by atoms with Crippen molar-refractivity contribution in [3.05, 3.63) is 52.3 Å². The van der Waals surface area contributed by atoms with Gasteiger partial charge in [-0.15, -0.1) is 0 Å². The van der Waals surface area contributed by atoms with Crippen LogP contribution < -0.4 is 5.32 Å². The molecule has 0 aliphatic heterocycles. The molecular weight excluding hydrogens is 298 g/mol. The summed E-state index contributed by atoms with van der Waals surface area (Å²) in [5.74, 6) is 0.812. The molecule has 1 heterocycles. The average Bonchev–Trinajstić information content (AvgIpc) is 3.09. The maximum Gasteiger partial charge on any atom is 0.256 e. The van der Waals surface area contributed by atoms with Gasteiger partial charge in [0.05, 0.1) is 17.3 Å². The Kier molecular flexibility index (Phi) is 2.89. The molecule has 1 saturated carbocycles. The Morgan fingerprint density at radius 2 is 2.23 bits per heavy atom. The number of nitrogens with one attached hydrogen (secondary N) is 1. The number of benzene rings is 1. The summed E-state index contributed by atoms with van der Waals surface area (Å²) in [7, 11) is 1.73. The van der Waals surface area contributed by atoms with Crippen LogP contribution >= 0.6 is 11.6 Å². The summed E-state index contributed by atoms with van der Waals surface area (Å²) in [6, 6.07) is 8.48. The number of rotatable bonds is 2. The van der Waals surface area contributed by atoms with Gasteiger partial charge in [0.2, 0.25) is 0 Å². The van der Waals surface area contributed by atoms with Gasteiger partial charge in [0, 0.05) is 7.05 Å². The lowest BCUT2D eigenvalue weighted by molar-refractivity contribution is 0.0878. The Morgan fingerprint density at radius 1 is 1.45 bits per heavy atom. The summed E-state index contributed by atoms with van der Waals surface area (Å²) in [4.78, 5) is 12.7. The van der Waals surface area contributed by atoms with E-state index in [0.29, 0.717) is 22.6 Å². The molecule has 1 aromatic carbocycles. The monoisotopic (exact) mass is 315 g/mol. The van der Waals surface area contributed by atoms with Crippen LogP contribution in [0, 0.1) is 5.92 Å². The predicted octanol–water partition coefficient (Wildman–Crippen LogP) is 3.23. The first-order chi connectivity index (χ1) is 10.5. The number of nitrogens with zero attached hydrogens (tertiary/aromatic N) is 2. The topological polar surface area (TPSA) is 46.9 Å². The second-order valence-corrected chi connectivity index (χ2v) is 6.78. The number of fused-ring (bicyclic) bond motifs is 5. The summed E-state index contributed by atoms with van der Waals surface area (Å²) >= 11 is 6.16. The van der Waals surface area contributed by atoms with Crippen LogP contribution in [0.3, 0.4) is 0 Å². The van der Waals surface area contributed by atoms with E-state index in [-0.39, 0.29) is 11.4 Å². The standard InChI is InChI=1S/C17H18ClN3O/c1-10-11-7-8-17(10,14-6-4-3-5-12(11)14)20-16(22)13-9-19-21(2)15(13)18/h3-6,9-11H,7-8H2,1-2H3,(H,20,22). The quantitative estimate of drug-likeness (QED) is 0.925. The van der Waals surface area contributed by atoms with Gasteiger partial charge in [-0.2, -0.15) is 5.10 Å². The lowest BCUT2D eigenvalue weighted by Gasteiger charge is -2.33. The van der Waals surface area contributed by atoms with E-state index in [0.717, 1.165) is 12.8 Å². The molecular formula is C17H18ClN3O. The van der Waals surface area contributed by atoms with Crippen molar-refractivity contribution >= 4 is 17.5 Å². The summed E-state index contributed by atoms with van der Waals surface area (Å²) in [6.45, 7) is 2.24. The normalized spacial score (nSPS) is 28.7. The molecule has 3 unspecified atom stereocenters. The van der Waals surface area contributed by atoms with Gasteiger partial charge in [0.25, 0.3) is 5.91 Å². The summed E-state index contributed by atoms with van der Waals surface area (Å²) < 4.78 is 1.51. The summed E-state index contributed by atoms with van der Waals surface area (Å²) in [6.07, 6.45) is 3.64. The van der Waals surface area contributed by atoms with Crippen molar-refractivity contribution in [3.63, 3.8) is 0 Å². The van der Waals surface area contributed by atoms with Crippen molar-refractivity contribution < 1.29 is 4.79 Å². The molecule has 0 saturated heterocycles. The zero-order valence-corrected chi connectivity index (χ0v) is 13.4. The minimum atomic E-state index is -0.266. The van der Waals surface area contributed by atoms with Crippen LogP contribution in [0.15, 0.2) is 30.5 Å². The second-order valence-electron chi connectivity index (χ2n) is 6.42. The van der Waals surface area contributed by atoms with E-state index < -0.39 is 0 Å². The first kappa shape index (κ1) is 13.8. The first-order valence-electron chi connectivity index (χ1n) is 7.64. The third-order valence-corrected chi connectivity index (χ3v) is 5.97. The van der Waals surface area contributed by atoms with Gasteiger partial charge < -0.3 is 5.32 Å². The minimum absolute atomic E-state index is 0.137. The van der Waals surface area contributed by atoms with Crippen LogP contribution in [0.2, 0.25) is 5.15 Å². The molecule has 1 amide bonds. The zero-order chi connectivity index (χ0) is 15.5. The Morgan fingerprint density at radius 3 is 2.95 bits per heavy atom. The molecule has 2 aliphatic rings. The van der Waals surface area contributed by atoms with Gasteiger partial charge in [-0.3, -0.25) is 9.48 Å². The van der Waals surface area contributed by atoms with Crippen LogP contribution in [-0.2, 0) is 12.6 Å². The van der Waals surface area contributed by atoms with Crippen molar-refractivity contribution in [1.82, 2.24) is 15.1 Å². The largest absolute Gasteiger partial charge is 0.342 e. The van der Waals surface area contributed by atoms with Crippen LogP contribution in [0.5, 0.6) is 0 Å². The molecule has 1 N–H and O–H groups in total. The van der Waals surface area contributed by atoms with Crippen molar-refractivity contribution in [2.24, 2.45) is 13.0 Å². The highest BCUT2D eigenvalue weighted by atomic mass is 35.5. The Labute approximate surface area is 134 Å². The van der Waals surface area contributed by atoms with Gasteiger partial charge in [-0.1, -0.05) is 42.8 Å². The lowest BCUT2D eigenvalue weighted by atomic mass is 9.84. The molecule has 4 rings (SSSR count). The first-order valence-corrected chi connectivity index (χ1v) is 8.02. The third kappa shape index (κ3) is 1.64. The van der Waals surface area contributed by atoms with E-state index in [1.807, 2.05) is 0 Å². The fourth-order valence-corrected chi connectivity index (χ4v) is 4.50. The number of halogens is 1. The maximum absolute atomic E-state index is 12.7. The zero-order valence-electron chi connectivity index (χ0n) is 12.6. The van der Waals surface area contributed by atoms with E-state index in [1.165, 1.54) is 22.0 Å². The highest BCUT2D eigenvalue weighted by Crippen LogP contribution is 2.59. The summed E-state index contributed by atoms with van der Waals surface area (Å²) in [5.41, 5.74) is 2.84. The van der Waals surface area contributed by atoms with Crippen molar-refractivity contribution in [3.8, 4) is 0 Å². The molecule has 4 nitrogen and oxygen atoms in total. The van der Waals surface area contributed by atoms with Crippen molar-refractivity contribution in [2.75, 3.05) is 0 Å². The predicted molar refractivity (Wildman–Crippen MR) is 84.9 cm³/mol. The Bertz CT molecular complexity index is 769. The highest BCUT2D eigenvalue weighted by molar-refractivity contribution is 6.32. The third-order valence-electron chi connectivity index (χ3n) is 5.52. The molecule has 2 aromatic rings. The van der Waals surface area contributed by atoms with Crippen LogP contribution in [0.1, 0.15) is 47.2 Å². The molecule has 5 heteroatoms. The number of hydrogen-bond donors (Lipinski definition) is 1. The van der Waals surface area contributed by atoms with Crippen LogP contribution in [-0.4, -0.2) is 15.7 Å². The molecule has 2 aliphatic carbocycles. The van der Waals surface area contributed by atoms with E-state index in [9.17, 15) is 4.79 Å². The lowest BCUT2D eigenvalue weighted by Crippen LogP contribution is -2.46. The molecule has 0 spiro atoms. The average molecular weight is 316 g/mol. The number of hydrogen-bond acceptors (Lipinski definition) is 2. The Balaban J connectivity index is 1.73. The van der Waals surface area contributed by atoms with Gasteiger partial charge >= 0.3 is 0 Å². The van der Waals surface area contributed by atoms with E-state index >= 15 is 0 Å². The van der Waals surface area contributed by atoms with E-state index in [2.05, 4.69) is 41.6 Å². The van der Waals surface area contributed by atoms with E-state index in [4.69, 9.17) is 11.6 Å². The fourth-order valence-electron chi connectivity index (χ4n) is 4.32. The van der Waals surface area contributed by atoms with Gasteiger partial charge in [-0.05, 0) is 35.8 Å². The molecule has 114 valence electrons. The molecule has 1 aromatic heterocycles. The maximum atomic E-state index is 12.7. The molecule has 22 heavy (non-hydrogen) atoms. The smallest absolute Gasteiger partial charge is 0.256 e. The number of aromatic nitrogens is 2.